The van der Waals surface area contributed by atoms with Gasteiger partial charge < -0.3 is 5.41 Å². The van der Waals surface area contributed by atoms with Gasteiger partial charge in [-0.15, -0.1) is 0 Å². The summed E-state index contributed by atoms with van der Waals surface area (Å²) in [4.78, 5) is 16.7. The number of nitrogens with one attached hydrogen (secondary N) is 1. The van der Waals surface area contributed by atoms with Crippen LogP contribution in [0.25, 0.3) is 5.69 Å². The molecule has 0 saturated heterocycles. The highest BCUT2D eigenvalue weighted by molar-refractivity contribution is 6.06. The number of para-hydroxylation sites is 2. The Hall–Kier alpha value is -3.41. The highest BCUT2D eigenvalue weighted by atomic mass is 19.1. The molecule has 0 fully saturated rings. The van der Waals surface area contributed by atoms with Crippen molar-refractivity contribution in [1.29, 1.82) is 5.41 Å². The summed E-state index contributed by atoms with van der Waals surface area (Å²) < 4.78 is 15.3. The van der Waals surface area contributed by atoms with Gasteiger partial charge in [-0.1, -0.05) is 30.3 Å². The van der Waals surface area contributed by atoms with Gasteiger partial charge in [0.05, 0.1) is 11.4 Å². The first kappa shape index (κ1) is 16.4. The summed E-state index contributed by atoms with van der Waals surface area (Å²) in [5.41, 5.74) is 1.01. The van der Waals surface area contributed by atoms with Crippen molar-refractivity contribution in [1.82, 2.24) is 9.78 Å². The summed E-state index contributed by atoms with van der Waals surface area (Å²) in [7, 11) is 0. The van der Waals surface area contributed by atoms with E-state index in [1.54, 1.807) is 30.3 Å². The van der Waals surface area contributed by atoms with Gasteiger partial charge in [-0.2, -0.15) is 5.10 Å². The molecular weight excluding hydrogens is 319 g/mol. The number of aliphatic imine (C=N–C) groups is 1. The lowest BCUT2D eigenvalue weighted by atomic mass is 10.2. The highest BCUT2D eigenvalue weighted by Gasteiger charge is 2.12. The van der Waals surface area contributed by atoms with Crippen LogP contribution < -0.4 is 5.43 Å². The van der Waals surface area contributed by atoms with Crippen LogP contribution in [-0.4, -0.2) is 21.7 Å². The zero-order valence-electron chi connectivity index (χ0n) is 13.3. The second-order valence-corrected chi connectivity index (χ2v) is 5.23. The molecule has 0 unspecified atom stereocenters. The maximum absolute atomic E-state index is 14.0. The fourth-order valence-corrected chi connectivity index (χ4v) is 2.33. The first-order valence-electron chi connectivity index (χ1n) is 7.66. The molecule has 25 heavy (non-hydrogen) atoms. The third-order valence-corrected chi connectivity index (χ3v) is 3.50. The van der Waals surface area contributed by atoms with E-state index in [0.29, 0.717) is 11.4 Å². The fraction of sp³-hybridized carbons (Fsp3) is 0.0526. The molecule has 0 saturated carbocycles. The van der Waals surface area contributed by atoms with Gasteiger partial charge in [-0.3, -0.25) is 9.79 Å². The Balaban J connectivity index is 2.12. The quantitative estimate of drug-likeness (QED) is 0.725. The van der Waals surface area contributed by atoms with E-state index in [1.807, 2.05) is 18.2 Å². The molecule has 0 aliphatic rings. The first-order chi connectivity index (χ1) is 12.2. The van der Waals surface area contributed by atoms with Crippen molar-refractivity contribution in [2.45, 2.75) is 6.42 Å². The molecule has 0 radical (unpaired) electrons. The lowest BCUT2D eigenvalue weighted by Gasteiger charge is -2.09. The highest BCUT2D eigenvalue weighted by Crippen LogP contribution is 2.14. The second kappa shape index (κ2) is 7.44. The average molecular weight is 334 g/mol. The average Bonchev–Trinajstić information content (AvgIpc) is 2.63. The Kier molecular flexibility index (Phi) is 4.89. The molecule has 3 rings (SSSR count). The number of hydrogen-bond donors (Lipinski definition) is 1. The normalized spacial score (nSPS) is 11.3. The summed E-state index contributed by atoms with van der Waals surface area (Å²) in [6, 6.07) is 16.6. The minimum Gasteiger partial charge on any atom is -0.313 e. The lowest BCUT2D eigenvalue weighted by Crippen LogP contribution is -2.21. The zero-order chi connectivity index (χ0) is 17.6. The minimum absolute atomic E-state index is 0.0955. The molecule has 0 bridgehead atoms. The van der Waals surface area contributed by atoms with Crippen molar-refractivity contribution in [3.63, 3.8) is 0 Å². The molecule has 0 aliphatic carbocycles. The van der Waals surface area contributed by atoms with Crippen molar-refractivity contribution in [3.8, 4) is 5.69 Å². The first-order valence-corrected chi connectivity index (χ1v) is 7.66. The minimum atomic E-state index is -0.446. The van der Waals surface area contributed by atoms with Crippen LogP contribution in [0.3, 0.4) is 0 Å². The van der Waals surface area contributed by atoms with Crippen LogP contribution in [0.15, 0.2) is 76.6 Å². The van der Waals surface area contributed by atoms with E-state index >= 15 is 0 Å². The van der Waals surface area contributed by atoms with Crippen LogP contribution in [-0.2, 0) is 0 Å². The Bertz CT molecular complexity index is 980. The molecule has 1 heterocycles. The van der Waals surface area contributed by atoms with Gasteiger partial charge in [-0.05, 0) is 24.3 Å². The van der Waals surface area contributed by atoms with Gasteiger partial charge in [0, 0.05) is 24.9 Å². The number of aromatic nitrogens is 2. The molecule has 5 nitrogen and oxygen atoms in total. The largest absolute Gasteiger partial charge is 0.313 e. The molecular formula is C19H15FN4O. The van der Waals surface area contributed by atoms with Gasteiger partial charge in [0.25, 0.3) is 0 Å². The summed E-state index contributed by atoms with van der Waals surface area (Å²) >= 11 is 0. The van der Waals surface area contributed by atoms with Crippen molar-refractivity contribution >= 4 is 17.6 Å². The SMILES string of the molecule is N=CCC(=Nc1ccccc1)c1nn(-c2ccccc2F)ccc1=O. The summed E-state index contributed by atoms with van der Waals surface area (Å²) in [6.07, 6.45) is 2.72. The van der Waals surface area contributed by atoms with Crippen LogP contribution in [0.5, 0.6) is 0 Å². The topological polar surface area (TPSA) is 71.1 Å². The van der Waals surface area contributed by atoms with Crippen LogP contribution in [0.2, 0.25) is 0 Å². The van der Waals surface area contributed by atoms with E-state index in [-0.39, 0.29) is 23.2 Å². The Morgan fingerprint density at radius 1 is 1.12 bits per heavy atom. The Labute approximate surface area is 143 Å². The predicted octanol–water partition coefficient (Wildman–Crippen LogP) is 3.53. The summed E-state index contributed by atoms with van der Waals surface area (Å²) in [5, 5.41) is 11.6. The van der Waals surface area contributed by atoms with Crippen molar-refractivity contribution in [2.75, 3.05) is 0 Å². The maximum atomic E-state index is 14.0. The molecule has 2 aromatic carbocycles. The van der Waals surface area contributed by atoms with Crippen LogP contribution in [0.1, 0.15) is 12.1 Å². The fourth-order valence-electron chi connectivity index (χ4n) is 2.33. The smallest absolute Gasteiger partial charge is 0.209 e. The lowest BCUT2D eigenvalue weighted by molar-refractivity contribution is 0.608. The monoisotopic (exact) mass is 334 g/mol. The van der Waals surface area contributed by atoms with E-state index in [0.717, 1.165) is 6.21 Å². The number of nitrogens with zero attached hydrogens (tertiary/aromatic N) is 3. The van der Waals surface area contributed by atoms with Crippen molar-refractivity contribution in [2.24, 2.45) is 4.99 Å². The summed E-state index contributed by atoms with van der Waals surface area (Å²) in [5.74, 6) is -0.446. The Morgan fingerprint density at radius 2 is 1.84 bits per heavy atom. The molecule has 1 aromatic heterocycles. The van der Waals surface area contributed by atoms with E-state index in [9.17, 15) is 9.18 Å². The van der Waals surface area contributed by atoms with Gasteiger partial charge in [-0.25, -0.2) is 9.07 Å². The third-order valence-electron chi connectivity index (χ3n) is 3.50. The van der Waals surface area contributed by atoms with Gasteiger partial charge in [0.2, 0.25) is 5.43 Å². The number of rotatable bonds is 5. The zero-order valence-corrected chi connectivity index (χ0v) is 13.3. The summed E-state index contributed by atoms with van der Waals surface area (Å²) in [6.45, 7) is 0. The van der Waals surface area contributed by atoms with Gasteiger partial charge in [0.1, 0.15) is 11.5 Å². The number of benzene rings is 2. The van der Waals surface area contributed by atoms with E-state index in [2.05, 4.69) is 10.1 Å². The number of halogens is 1. The molecule has 124 valence electrons. The maximum Gasteiger partial charge on any atom is 0.209 e. The molecule has 0 amide bonds. The standard InChI is InChI=1S/C19H15FN4O/c20-15-8-4-5-9-17(15)24-13-11-18(25)19(23-24)16(10-12-21)22-14-6-2-1-3-7-14/h1-9,11-13,21H,10H2. The molecule has 1 N–H and O–H groups in total. The van der Waals surface area contributed by atoms with Gasteiger partial charge in [0.15, 0.2) is 5.69 Å². The van der Waals surface area contributed by atoms with E-state index in [4.69, 9.17) is 5.41 Å². The van der Waals surface area contributed by atoms with Crippen molar-refractivity contribution in [3.05, 3.63) is 88.6 Å². The van der Waals surface area contributed by atoms with Crippen molar-refractivity contribution < 1.29 is 4.39 Å². The second-order valence-electron chi connectivity index (χ2n) is 5.23. The predicted molar refractivity (Wildman–Crippen MR) is 95.8 cm³/mol. The van der Waals surface area contributed by atoms with Crippen LogP contribution >= 0.6 is 0 Å². The third kappa shape index (κ3) is 3.74. The molecule has 0 aliphatic heterocycles. The Morgan fingerprint density at radius 3 is 2.56 bits per heavy atom. The van der Waals surface area contributed by atoms with Crippen LogP contribution in [0.4, 0.5) is 10.1 Å². The molecule has 6 heteroatoms. The molecule has 3 aromatic rings. The van der Waals surface area contributed by atoms with E-state index < -0.39 is 5.82 Å². The molecule has 0 spiro atoms. The van der Waals surface area contributed by atoms with Gasteiger partial charge >= 0.3 is 0 Å². The van der Waals surface area contributed by atoms with Crippen LogP contribution in [0, 0.1) is 11.2 Å². The molecule has 0 atom stereocenters. The number of hydrogen-bond acceptors (Lipinski definition) is 4. The van der Waals surface area contributed by atoms with E-state index in [1.165, 1.54) is 23.0 Å².